The molecule has 0 radical (unpaired) electrons. The van der Waals surface area contributed by atoms with Crippen molar-refractivity contribution in [3.63, 3.8) is 0 Å². The summed E-state index contributed by atoms with van der Waals surface area (Å²) in [5.74, 6) is -0.0619. The number of thioether (sulfide) groups is 1. The van der Waals surface area contributed by atoms with Crippen LogP contribution in [0.2, 0.25) is 5.02 Å². The molecule has 2 rings (SSSR count). The van der Waals surface area contributed by atoms with Crippen LogP contribution >= 0.6 is 23.4 Å². The third kappa shape index (κ3) is 3.52. The van der Waals surface area contributed by atoms with E-state index in [1.807, 2.05) is 36.4 Å². The number of hydrogen-bond acceptors (Lipinski definition) is 2. The van der Waals surface area contributed by atoms with E-state index in [0.29, 0.717) is 5.56 Å². The average molecular weight is 279 g/mol. The highest BCUT2D eigenvalue weighted by Crippen LogP contribution is 2.23. The number of hydrogen-bond donors (Lipinski definition) is 1. The molecule has 2 aromatic carbocycles. The molecule has 92 valence electrons. The fraction of sp³-hybridized carbons (Fsp3) is 0.0714. The standard InChI is InChI=1S/C14H11ClO2S/c15-12-5-1-10(2-6-12)9-18-13-7-3-11(4-8-13)14(16)17/h1-8H,9H2,(H,16,17). The Kier molecular flexibility index (Phi) is 4.28. The Balaban J connectivity index is 1.97. The summed E-state index contributed by atoms with van der Waals surface area (Å²) in [5, 5.41) is 9.52. The molecular weight excluding hydrogens is 268 g/mol. The van der Waals surface area contributed by atoms with Crippen LogP contribution in [0.15, 0.2) is 53.4 Å². The molecule has 0 atom stereocenters. The summed E-state index contributed by atoms with van der Waals surface area (Å²) in [6.45, 7) is 0. The fourth-order valence-electron chi connectivity index (χ4n) is 1.44. The van der Waals surface area contributed by atoms with Crippen LogP contribution in [0, 0.1) is 0 Å². The van der Waals surface area contributed by atoms with Crippen molar-refractivity contribution in [1.82, 2.24) is 0 Å². The molecule has 0 heterocycles. The molecule has 0 unspecified atom stereocenters. The smallest absolute Gasteiger partial charge is 0.335 e. The van der Waals surface area contributed by atoms with Gasteiger partial charge in [-0.2, -0.15) is 0 Å². The predicted molar refractivity (Wildman–Crippen MR) is 74.4 cm³/mol. The van der Waals surface area contributed by atoms with E-state index in [1.54, 1.807) is 23.9 Å². The van der Waals surface area contributed by atoms with E-state index in [1.165, 1.54) is 5.56 Å². The van der Waals surface area contributed by atoms with E-state index in [4.69, 9.17) is 16.7 Å². The average Bonchev–Trinajstić information content (AvgIpc) is 2.38. The van der Waals surface area contributed by atoms with Crippen LogP contribution in [0.4, 0.5) is 0 Å². The lowest BCUT2D eigenvalue weighted by molar-refractivity contribution is 0.0697. The Morgan fingerprint density at radius 2 is 1.67 bits per heavy atom. The Labute approximate surface area is 115 Å². The van der Waals surface area contributed by atoms with Gasteiger partial charge >= 0.3 is 5.97 Å². The number of benzene rings is 2. The highest BCUT2D eigenvalue weighted by atomic mass is 35.5. The molecule has 0 fully saturated rings. The van der Waals surface area contributed by atoms with Crippen LogP contribution in [0.3, 0.4) is 0 Å². The molecule has 0 bridgehead atoms. The van der Waals surface area contributed by atoms with Crippen LogP contribution in [-0.4, -0.2) is 11.1 Å². The summed E-state index contributed by atoms with van der Waals surface area (Å²) in [4.78, 5) is 11.8. The molecule has 2 aromatic rings. The van der Waals surface area contributed by atoms with Gasteiger partial charge in [-0.1, -0.05) is 23.7 Å². The second-order valence-corrected chi connectivity index (χ2v) is 5.23. The molecule has 0 amide bonds. The van der Waals surface area contributed by atoms with E-state index in [-0.39, 0.29) is 0 Å². The van der Waals surface area contributed by atoms with Gasteiger partial charge in [-0.15, -0.1) is 11.8 Å². The Bertz CT molecular complexity index is 535. The molecular formula is C14H11ClO2S. The van der Waals surface area contributed by atoms with E-state index in [0.717, 1.165) is 15.7 Å². The van der Waals surface area contributed by atoms with Gasteiger partial charge in [0, 0.05) is 15.7 Å². The zero-order valence-corrected chi connectivity index (χ0v) is 11.0. The summed E-state index contributed by atoms with van der Waals surface area (Å²) >= 11 is 7.48. The molecule has 2 nitrogen and oxygen atoms in total. The molecule has 0 saturated carbocycles. The van der Waals surface area contributed by atoms with Crippen LogP contribution in [0.5, 0.6) is 0 Å². The Morgan fingerprint density at radius 1 is 1.06 bits per heavy atom. The second kappa shape index (κ2) is 5.94. The van der Waals surface area contributed by atoms with Crippen molar-refractivity contribution < 1.29 is 9.90 Å². The maximum Gasteiger partial charge on any atom is 0.335 e. The van der Waals surface area contributed by atoms with Crippen LogP contribution in [-0.2, 0) is 5.75 Å². The van der Waals surface area contributed by atoms with E-state index in [2.05, 4.69) is 0 Å². The summed E-state index contributed by atoms with van der Waals surface area (Å²) in [6, 6.07) is 14.6. The fourth-order valence-corrected chi connectivity index (χ4v) is 2.42. The SMILES string of the molecule is O=C(O)c1ccc(SCc2ccc(Cl)cc2)cc1. The lowest BCUT2D eigenvalue weighted by Gasteiger charge is -2.03. The number of aromatic carboxylic acids is 1. The highest BCUT2D eigenvalue weighted by Gasteiger charge is 2.02. The molecule has 0 saturated heterocycles. The molecule has 0 aromatic heterocycles. The van der Waals surface area contributed by atoms with Gasteiger partial charge < -0.3 is 5.11 Å². The summed E-state index contributed by atoms with van der Waals surface area (Å²) in [6.07, 6.45) is 0. The number of carboxylic acid groups (broad SMARTS) is 1. The van der Waals surface area contributed by atoms with Gasteiger partial charge in [-0.3, -0.25) is 0 Å². The number of rotatable bonds is 4. The van der Waals surface area contributed by atoms with Gasteiger partial charge in [0.15, 0.2) is 0 Å². The molecule has 1 N–H and O–H groups in total. The number of halogens is 1. The van der Waals surface area contributed by atoms with Gasteiger partial charge in [-0.25, -0.2) is 4.79 Å². The van der Waals surface area contributed by atoms with Gasteiger partial charge in [0.2, 0.25) is 0 Å². The van der Waals surface area contributed by atoms with Gasteiger partial charge in [-0.05, 0) is 42.0 Å². The molecule has 0 aliphatic rings. The summed E-state index contributed by atoms with van der Waals surface area (Å²) in [5.41, 5.74) is 1.50. The normalized spacial score (nSPS) is 10.3. The largest absolute Gasteiger partial charge is 0.478 e. The summed E-state index contributed by atoms with van der Waals surface area (Å²) < 4.78 is 0. The lowest BCUT2D eigenvalue weighted by atomic mass is 10.2. The van der Waals surface area contributed by atoms with Crippen molar-refractivity contribution in [1.29, 1.82) is 0 Å². The topological polar surface area (TPSA) is 37.3 Å². The zero-order valence-electron chi connectivity index (χ0n) is 9.47. The van der Waals surface area contributed by atoms with E-state index >= 15 is 0 Å². The quantitative estimate of drug-likeness (QED) is 0.846. The monoisotopic (exact) mass is 278 g/mol. The first-order valence-corrected chi connectivity index (χ1v) is 6.72. The minimum atomic E-state index is -0.899. The van der Waals surface area contributed by atoms with E-state index < -0.39 is 5.97 Å². The predicted octanol–water partition coefficient (Wildman–Crippen LogP) is 4.33. The first-order chi connectivity index (χ1) is 8.65. The minimum Gasteiger partial charge on any atom is -0.478 e. The van der Waals surface area contributed by atoms with Crippen LogP contribution in [0.25, 0.3) is 0 Å². The third-order valence-corrected chi connectivity index (χ3v) is 3.76. The van der Waals surface area contributed by atoms with Gasteiger partial charge in [0.1, 0.15) is 0 Å². The highest BCUT2D eigenvalue weighted by molar-refractivity contribution is 7.98. The third-order valence-electron chi connectivity index (χ3n) is 2.42. The lowest BCUT2D eigenvalue weighted by Crippen LogP contribution is -1.94. The Morgan fingerprint density at radius 3 is 2.22 bits per heavy atom. The van der Waals surface area contributed by atoms with Gasteiger partial charge in [0.05, 0.1) is 5.56 Å². The van der Waals surface area contributed by atoms with Gasteiger partial charge in [0.25, 0.3) is 0 Å². The van der Waals surface area contributed by atoms with Crippen molar-refractivity contribution in [2.45, 2.75) is 10.6 Å². The maximum atomic E-state index is 10.7. The molecule has 18 heavy (non-hydrogen) atoms. The van der Waals surface area contributed by atoms with Crippen molar-refractivity contribution in [2.24, 2.45) is 0 Å². The van der Waals surface area contributed by atoms with E-state index in [9.17, 15) is 4.79 Å². The second-order valence-electron chi connectivity index (χ2n) is 3.74. The molecule has 0 aliphatic carbocycles. The maximum absolute atomic E-state index is 10.7. The first kappa shape index (κ1) is 13.0. The molecule has 0 aliphatic heterocycles. The minimum absolute atomic E-state index is 0.311. The zero-order chi connectivity index (χ0) is 13.0. The molecule has 0 spiro atoms. The summed E-state index contributed by atoms with van der Waals surface area (Å²) in [7, 11) is 0. The van der Waals surface area contributed by atoms with Crippen LogP contribution in [0.1, 0.15) is 15.9 Å². The van der Waals surface area contributed by atoms with Crippen LogP contribution < -0.4 is 0 Å². The van der Waals surface area contributed by atoms with Crippen molar-refractivity contribution in [3.05, 3.63) is 64.7 Å². The Hall–Kier alpha value is -1.45. The van der Waals surface area contributed by atoms with Crippen molar-refractivity contribution in [2.75, 3.05) is 0 Å². The van der Waals surface area contributed by atoms with Crippen molar-refractivity contribution in [3.8, 4) is 0 Å². The first-order valence-electron chi connectivity index (χ1n) is 5.36. The number of carbonyl (C=O) groups is 1. The molecule has 4 heteroatoms. The number of carboxylic acids is 1. The van der Waals surface area contributed by atoms with Crippen molar-refractivity contribution >= 4 is 29.3 Å².